The van der Waals surface area contributed by atoms with Gasteiger partial charge in [-0.2, -0.15) is 5.10 Å². The molecule has 3 aromatic rings. The van der Waals surface area contributed by atoms with Gasteiger partial charge in [-0.1, -0.05) is 6.07 Å². The van der Waals surface area contributed by atoms with Gasteiger partial charge < -0.3 is 29.0 Å². The molecule has 1 aliphatic rings. The fraction of sp³-hybridized carbons (Fsp3) is 0.448. The van der Waals surface area contributed by atoms with E-state index < -0.39 is 17.2 Å². The Morgan fingerprint density at radius 2 is 1.88 bits per heavy atom. The lowest BCUT2D eigenvalue weighted by atomic mass is 10.0. The number of aryl methyl sites for hydroxylation is 1. The first-order valence-corrected chi connectivity index (χ1v) is 13.3. The molecule has 41 heavy (non-hydrogen) atoms. The normalized spacial score (nSPS) is 17.8. The zero-order valence-electron chi connectivity index (χ0n) is 23.5. The van der Waals surface area contributed by atoms with Crippen LogP contribution in [0.5, 0.6) is 17.2 Å². The van der Waals surface area contributed by atoms with Gasteiger partial charge in [-0.15, -0.1) is 0 Å². The van der Waals surface area contributed by atoms with Gasteiger partial charge >= 0.3 is 0 Å². The largest absolute Gasteiger partial charge is 0.493 e. The van der Waals surface area contributed by atoms with Crippen LogP contribution in [0.2, 0.25) is 0 Å². The maximum atomic E-state index is 13.7. The second kappa shape index (κ2) is 13.7. The molecule has 2 heterocycles. The monoisotopic (exact) mass is 574 g/mol. The van der Waals surface area contributed by atoms with Crippen molar-refractivity contribution >= 4 is 5.91 Å². The second-order valence-corrected chi connectivity index (χ2v) is 10.2. The number of carbonyl (C=O) groups is 1. The molecule has 1 aromatic heterocycles. The maximum absolute atomic E-state index is 13.7. The lowest BCUT2D eigenvalue weighted by Gasteiger charge is -2.33. The van der Waals surface area contributed by atoms with Crippen LogP contribution in [0.1, 0.15) is 11.1 Å². The molecule has 1 atom stereocenters. The molecule has 0 aliphatic carbocycles. The maximum Gasteiger partial charge on any atom is 0.248 e. The number of methoxy groups -OCH3 is 2. The Kier molecular flexibility index (Phi) is 10.1. The highest BCUT2D eigenvalue weighted by Crippen LogP contribution is 2.29. The van der Waals surface area contributed by atoms with Crippen molar-refractivity contribution in [2.24, 2.45) is 0 Å². The molecule has 1 amide bonds. The van der Waals surface area contributed by atoms with E-state index in [4.69, 9.17) is 18.9 Å². The molecule has 0 bridgehead atoms. The third-order valence-electron chi connectivity index (χ3n) is 6.68. The molecule has 1 saturated heterocycles. The number of benzene rings is 2. The molecule has 0 spiro atoms. The van der Waals surface area contributed by atoms with E-state index in [0.717, 1.165) is 23.3 Å². The number of β-amino-alcohol motifs (C(OH)–C–C–N with tert-alkyl or cyclic N) is 1. The smallest absolute Gasteiger partial charge is 0.248 e. The first-order chi connectivity index (χ1) is 19.7. The summed E-state index contributed by atoms with van der Waals surface area (Å²) in [6.45, 7) is 4.00. The van der Waals surface area contributed by atoms with Gasteiger partial charge in [0.2, 0.25) is 5.91 Å². The van der Waals surface area contributed by atoms with E-state index in [1.807, 2.05) is 40.9 Å². The van der Waals surface area contributed by atoms with Crippen molar-refractivity contribution in [2.75, 3.05) is 60.2 Å². The number of hydrogen-bond acceptors (Lipinski definition) is 8. The summed E-state index contributed by atoms with van der Waals surface area (Å²) in [5.41, 5.74) is 0.481. The average molecular weight is 575 g/mol. The Labute approximate surface area is 238 Å². The van der Waals surface area contributed by atoms with Crippen molar-refractivity contribution in [3.05, 3.63) is 71.6 Å². The number of aliphatic hydroxyl groups is 1. The van der Waals surface area contributed by atoms with Crippen LogP contribution in [-0.4, -0.2) is 96.4 Å². The number of halogens is 2. The number of carbonyl (C=O) groups excluding carboxylic acids is 1. The van der Waals surface area contributed by atoms with Crippen LogP contribution in [0.3, 0.4) is 0 Å². The predicted molar refractivity (Wildman–Crippen MR) is 146 cm³/mol. The SMILES string of the molecule is COCC(=O)N1CCN(Cc2ccc(OC)c(OCCn3cc(C)cn3)c2)CC(O)(COc2ccc(F)c(F)c2)C1. The van der Waals surface area contributed by atoms with Crippen molar-refractivity contribution in [1.29, 1.82) is 0 Å². The van der Waals surface area contributed by atoms with Gasteiger partial charge in [0.05, 0.1) is 26.4 Å². The first-order valence-electron chi connectivity index (χ1n) is 13.3. The minimum atomic E-state index is -1.50. The minimum Gasteiger partial charge on any atom is -0.493 e. The van der Waals surface area contributed by atoms with Crippen molar-refractivity contribution in [1.82, 2.24) is 19.6 Å². The molecule has 1 unspecified atom stereocenters. The van der Waals surface area contributed by atoms with Gasteiger partial charge in [-0.05, 0) is 42.3 Å². The van der Waals surface area contributed by atoms with Gasteiger partial charge in [-0.25, -0.2) is 8.78 Å². The molecule has 0 saturated carbocycles. The average Bonchev–Trinajstić information content (AvgIpc) is 3.28. The quantitative estimate of drug-likeness (QED) is 0.353. The molecule has 10 nitrogen and oxygen atoms in total. The van der Waals surface area contributed by atoms with Crippen molar-refractivity contribution in [2.45, 2.75) is 25.6 Å². The molecular formula is C29H36F2N4O6. The number of nitrogens with zero attached hydrogens (tertiary/aromatic N) is 4. The van der Waals surface area contributed by atoms with Crippen LogP contribution in [0.4, 0.5) is 8.78 Å². The highest BCUT2D eigenvalue weighted by Gasteiger charge is 2.37. The zero-order chi connectivity index (χ0) is 29.4. The number of hydrogen-bond donors (Lipinski definition) is 1. The van der Waals surface area contributed by atoms with Gasteiger partial charge in [0, 0.05) is 45.6 Å². The summed E-state index contributed by atoms with van der Waals surface area (Å²) < 4.78 is 51.0. The molecule has 4 rings (SSSR count). The second-order valence-electron chi connectivity index (χ2n) is 10.2. The Morgan fingerprint density at radius 1 is 1.05 bits per heavy atom. The molecule has 2 aromatic carbocycles. The summed E-state index contributed by atoms with van der Waals surface area (Å²) in [4.78, 5) is 16.2. The number of ether oxygens (including phenoxy) is 4. The Bertz CT molecular complexity index is 1320. The summed E-state index contributed by atoms with van der Waals surface area (Å²) in [7, 11) is 3.01. The molecule has 222 valence electrons. The Morgan fingerprint density at radius 3 is 2.59 bits per heavy atom. The van der Waals surface area contributed by atoms with Crippen LogP contribution in [-0.2, 0) is 22.6 Å². The van der Waals surface area contributed by atoms with Crippen LogP contribution in [0.15, 0.2) is 48.8 Å². The first kappa shape index (κ1) is 30.2. The Hall–Kier alpha value is -3.74. The van der Waals surface area contributed by atoms with Crippen molar-refractivity contribution in [3.63, 3.8) is 0 Å². The van der Waals surface area contributed by atoms with Crippen molar-refractivity contribution < 1.29 is 37.6 Å². The summed E-state index contributed by atoms with van der Waals surface area (Å²) in [6.07, 6.45) is 3.73. The molecule has 1 fully saturated rings. The van der Waals surface area contributed by atoms with E-state index in [-0.39, 0.29) is 38.0 Å². The third kappa shape index (κ3) is 8.38. The fourth-order valence-corrected chi connectivity index (χ4v) is 4.71. The summed E-state index contributed by atoms with van der Waals surface area (Å²) in [5, 5.41) is 15.9. The lowest BCUT2D eigenvalue weighted by molar-refractivity contribution is -0.138. The number of aromatic nitrogens is 2. The molecule has 12 heteroatoms. The predicted octanol–water partition coefficient (Wildman–Crippen LogP) is 2.66. The van der Waals surface area contributed by atoms with Crippen LogP contribution >= 0.6 is 0 Å². The van der Waals surface area contributed by atoms with Crippen LogP contribution in [0.25, 0.3) is 0 Å². The van der Waals surface area contributed by atoms with E-state index in [2.05, 4.69) is 5.10 Å². The zero-order valence-corrected chi connectivity index (χ0v) is 23.5. The molecule has 1 aliphatic heterocycles. The summed E-state index contributed by atoms with van der Waals surface area (Å²) in [6, 6.07) is 8.81. The summed E-state index contributed by atoms with van der Waals surface area (Å²) in [5.74, 6) is -1.07. The molecule has 0 radical (unpaired) electrons. The number of amides is 1. The van der Waals surface area contributed by atoms with Gasteiger partial charge in [0.1, 0.15) is 31.2 Å². The minimum absolute atomic E-state index is 0.0146. The van der Waals surface area contributed by atoms with E-state index in [1.54, 1.807) is 13.3 Å². The van der Waals surface area contributed by atoms with Gasteiger partial charge in [-0.3, -0.25) is 14.4 Å². The van der Waals surface area contributed by atoms with E-state index >= 15 is 0 Å². The standard InChI is InChI=1S/C29H36F2N4O6/c1-21-14-32-35(15-21)10-11-40-27-12-22(4-7-26(27)39-3)16-33-8-9-34(28(36)17-38-2)19-29(37,18-33)20-41-23-5-6-24(30)25(31)13-23/h4-7,12-15,37H,8-11,16-20H2,1-3H3. The van der Waals surface area contributed by atoms with Crippen LogP contribution in [0, 0.1) is 18.6 Å². The van der Waals surface area contributed by atoms with Gasteiger partial charge in [0.15, 0.2) is 23.1 Å². The molecule has 1 N–H and O–H groups in total. The lowest BCUT2D eigenvalue weighted by Crippen LogP contribution is -2.52. The number of rotatable bonds is 12. The van der Waals surface area contributed by atoms with E-state index in [9.17, 15) is 18.7 Å². The third-order valence-corrected chi connectivity index (χ3v) is 6.68. The topological polar surface area (TPSA) is 98.5 Å². The Balaban J connectivity index is 1.47. The van der Waals surface area contributed by atoms with Gasteiger partial charge in [0.25, 0.3) is 0 Å². The van der Waals surface area contributed by atoms with E-state index in [0.29, 0.717) is 44.3 Å². The van der Waals surface area contributed by atoms with E-state index in [1.165, 1.54) is 18.1 Å². The van der Waals surface area contributed by atoms with Crippen LogP contribution < -0.4 is 14.2 Å². The summed E-state index contributed by atoms with van der Waals surface area (Å²) >= 11 is 0. The highest BCUT2D eigenvalue weighted by molar-refractivity contribution is 5.77. The highest BCUT2D eigenvalue weighted by atomic mass is 19.2. The molecular weight excluding hydrogens is 538 g/mol. The van der Waals surface area contributed by atoms with Crippen molar-refractivity contribution in [3.8, 4) is 17.2 Å². The fourth-order valence-electron chi connectivity index (χ4n) is 4.71.